The van der Waals surface area contributed by atoms with E-state index in [-0.39, 0.29) is 6.04 Å². The molecule has 2 rings (SSSR count). The molecule has 100 valence electrons. The number of aromatic nitrogens is 2. The lowest BCUT2D eigenvalue weighted by Gasteiger charge is -2.32. The number of piperazine rings is 1. The molecule has 0 radical (unpaired) electrons. The van der Waals surface area contributed by atoms with E-state index < -0.39 is 26.2 Å². The monoisotopic (exact) mass is 274 g/mol. The average Bonchev–Trinajstić information content (AvgIpc) is 2.28. The molecule has 0 bridgehead atoms. The summed E-state index contributed by atoms with van der Waals surface area (Å²) in [5, 5.41) is 3.06. The van der Waals surface area contributed by atoms with Crippen LogP contribution in [-0.4, -0.2) is 48.4 Å². The molecular weight excluding hydrogens is 260 g/mol. The number of nitrogens with zero attached hydrogens (tertiary/aromatic N) is 1. The van der Waals surface area contributed by atoms with Crippen molar-refractivity contribution in [3.63, 3.8) is 0 Å². The molecule has 1 aromatic heterocycles. The van der Waals surface area contributed by atoms with Crippen LogP contribution in [0.25, 0.3) is 0 Å². The van der Waals surface area contributed by atoms with Gasteiger partial charge in [0.1, 0.15) is 0 Å². The summed E-state index contributed by atoms with van der Waals surface area (Å²) in [7, 11) is -3.88. The topological polar surface area (TPSA) is 115 Å². The van der Waals surface area contributed by atoms with Gasteiger partial charge in [0.25, 0.3) is 5.56 Å². The minimum absolute atomic E-state index is 0.241. The van der Waals surface area contributed by atoms with Gasteiger partial charge < -0.3 is 10.3 Å². The predicted molar refractivity (Wildman–Crippen MR) is 63.9 cm³/mol. The molecule has 3 N–H and O–H groups in total. The fourth-order valence-electron chi connectivity index (χ4n) is 1.89. The lowest BCUT2D eigenvalue weighted by molar-refractivity contribution is 0.283. The zero-order chi connectivity index (χ0) is 13.3. The van der Waals surface area contributed by atoms with E-state index in [1.165, 1.54) is 4.31 Å². The van der Waals surface area contributed by atoms with Crippen LogP contribution in [0.5, 0.6) is 0 Å². The first-order valence-electron chi connectivity index (χ1n) is 5.47. The van der Waals surface area contributed by atoms with Crippen molar-refractivity contribution in [2.45, 2.75) is 17.9 Å². The molecule has 0 aromatic carbocycles. The van der Waals surface area contributed by atoms with Crippen LogP contribution < -0.4 is 16.6 Å². The Morgan fingerprint density at radius 3 is 2.72 bits per heavy atom. The second-order valence-electron chi connectivity index (χ2n) is 4.11. The van der Waals surface area contributed by atoms with E-state index in [1.54, 1.807) is 6.92 Å². The van der Waals surface area contributed by atoms with Gasteiger partial charge in [0.2, 0.25) is 10.0 Å². The normalized spacial score (nSPS) is 21.9. The van der Waals surface area contributed by atoms with Crippen molar-refractivity contribution in [1.82, 2.24) is 19.6 Å². The molecule has 0 saturated carbocycles. The first-order chi connectivity index (χ1) is 8.43. The second kappa shape index (κ2) is 4.67. The Bertz CT molecular complexity index is 647. The van der Waals surface area contributed by atoms with Crippen LogP contribution in [0, 0.1) is 0 Å². The number of sulfonamides is 1. The molecule has 18 heavy (non-hydrogen) atoms. The molecule has 1 aliphatic heterocycles. The van der Waals surface area contributed by atoms with Crippen LogP contribution in [0.1, 0.15) is 6.92 Å². The third-order valence-corrected chi connectivity index (χ3v) is 4.83. The fourth-order valence-corrected chi connectivity index (χ4v) is 3.52. The average molecular weight is 274 g/mol. The van der Waals surface area contributed by atoms with Crippen LogP contribution in [0.3, 0.4) is 0 Å². The zero-order valence-corrected chi connectivity index (χ0v) is 10.6. The molecule has 9 heteroatoms. The quantitative estimate of drug-likeness (QED) is 0.579. The number of H-pyrrole nitrogens is 2. The first kappa shape index (κ1) is 13.0. The van der Waals surface area contributed by atoms with Gasteiger partial charge in [-0.25, -0.2) is 13.2 Å². The number of rotatable bonds is 2. The van der Waals surface area contributed by atoms with Crippen molar-refractivity contribution in [3.05, 3.63) is 27.0 Å². The molecule has 8 nitrogen and oxygen atoms in total. The molecule has 1 aliphatic rings. The molecule has 2 heterocycles. The van der Waals surface area contributed by atoms with Crippen LogP contribution >= 0.6 is 0 Å². The number of hydrogen-bond acceptors (Lipinski definition) is 5. The summed E-state index contributed by atoms with van der Waals surface area (Å²) in [6, 6.07) is -0.241. The van der Waals surface area contributed by atoms with Crippen LogP contribution in [-0.2, 0) is 10.0 Å². The van der Waals surface area contributed by atoms with E-state index in [9.17, 15) is 18.0 Å². The van der Waals surface area contributed by atoms with Crippen molar-refractivity contribution >= 4 is 10.0 Å². The summed E-state index contributed by atoms with van der Waals surface area (Å²) in [5.41, 5.74) is -1.63. The fraction of sp³-hybridized carbons (Fsp3) is 0.556. The highest BCUT2D eigenvalue weighted by Gasteiger charge is 2.32. The molecule has 1 aromatic rings. The largest absolute Gasteiger partial charge is 0.325 e. The Morgan fingerprint density at radius 2 is 2.11 bits per heavy atom. The van der Waals surface area contributed by atoms with Crippen LogP contribution in [0.15, 0.2) is 20.7 Å². The molecule has 1 fully saturated rings. The zero-order valence-electron chi connectivity index (χ0n) is 9.76. The van der Waals surface area contributed by atoms with Crippen molar-refractivity contribution in [2.75, 3.05) is 19.6 Å². The summed E-state index contributed by atoms with van der Waals surface area (Å²) >= 11 is 0. The van der Waals surface area contributed by atoms with E-state index >= 15 is 0 Å². The standard InChI is InChI=1S/C9H14N4O4S/c1-6-4-10-2-3-13(6)18(16,17)7-5-11-9(15)12-8(7)14/h5-6,10H,2-4H2,1H3,(H2,11,12,14,15). The van der Waals surface area contributed by atoms with E-state index in [4.69, 9.17) is 0 Å². The van der Waals surface area contributed by atoms with E-state index in [2.05, 4.69) is 10.3 Å². The van der Waals surface area contributed by atoms with Gasteiger partial charge >= 0.3 is 5.69 Å². The highest BCUT2D eigenvalue weighted by Crippen LogP contribution is 2.14. The minimum atomic E-state index is -3.88. The van der Waals surface area contributed by atoms with Crippen LogP contribution in [0.2, 0.25) is 0 Å². The van der Waals surface area contributed by atoms with Gasteiger partial charge in [-0.1, -0.05) is 0 Å². The summed E-state index contributed by atoms with van der Waals surface area (Å²) in [5.74, 6) is 0. The smallest absolute Gasteiger partial charge is 0.314 e. The van der Waals surface area contributed by atoms with Crippen molar-refractivity contribution in [2.24, 2.45) is 0 Å². The predicted octanol–water partition coefficient (Wildman–Crippen LogP) is -1.95. The molecule has 1 saturated heterocycles. The van der Waals surface area contributed by atoms with Crippen molar-refractivity contribution in [3.8, 4) is 0 Å². The summed E-state index contributed by atoms with van der Waals surface area (Å²) in [6.45, 7) is 3.11. The Balaban J connectivity index is 2.47. The molecule has 0 aliphatic carbocycles. The molecule has 1 unspecified atom stereocenters. The Kier molecular flexibility index (Phi) is 3.37. The van der Waals surface area contributed by atoms with E-state index in [1.807, 2.05) is 4.98 Å². The highest BCUT2D eigenvalue weighted by atomic mass is 32.2. The van der Waals surface area contributed by atoms with E-state index in [0.717, 1.165) is 6.20 Å². The maximum Gasteiger partial charge on any atom is 0.325 e. The summed E-state index contributed by atoms with van der Waals surface area (Å²) < 4.78 is 25.8. The van der Waals surface area contributed by atoms with E-state index in [0.29, 0.717) is 19.6 Å². The molecule has 0 spiro atoms. The molecule has 0 amide bonds. The maximum absolute atomic E-state index is 12.3. The van der Waals surface area contributed by atoms with Gasteiger partial charge in [-0.05, 0) is 6.92 Å². The third kappa shape index (κ3) is 2.24. The first-order valence-corrected chi connectivity index (χ1v) is 6.91. The SMILES string of the molecule is CC1CNCCN1S(=O)(=O)c1c[nH]c(=O)[nH]c1=O. The Labute approximate surface area is 103 Å². The summed E-state index contributed by atoms with van der Waals surface area (Å²) in [4.78, 5) is 26.1. The lowest BCUT2D eigenvalue weighted by Crippen LogP contribution is -2.53. The van der Waals surface area contributed by atoms with Gasteiger partial charge in [0, 0.05) is 31.9 Å². The highest BCUT2D eigenvalue weighted by molar-refractivity contribution is 7.89. The second-order valence-corrected chi connectivity index (χ2v) is 5.96. The van der Waals surface area contributed by atoms with Crippen molar-refractivity contribution in [1.29, 1.82) is 0 Å². The summed E-state index contributed by atoms with van der Waals surface area (Å²) in [6.07, 6.45) is 0.936. The Morgan fingerprint density at radius 1 is 1.39 bits per heavy atom. The maximum atomic E-state index is 12.3. The molecular formula is C9H14N4O4S. The number of hydrogen-bond donors (Lipinski definition) is 3. The van der Waals surface area contributed by atoms with Gasteiger partial charge in [0.05, 0.1) is 0 Å². The number of aromatic amines is 2. The molecule has 1 atom stereocenters. The Hall–Kier alpha value is -1.45. The van der Waals surface area contributed by atoms with Gasteiger partial charge in [0.15, 0.2) is 4.90 Å². The van der Waals surface area contributed by atoms with Gasteiger partial charge in [-0.15, -0.1) is 0 Å². The third-order valence-electron chi connectivity index (χ3n) is 2.81. The van der Waals surface area contributed by atoms with Crippen LogP contribution in [0.4, 0.5) is 0 Å². The number of nitrogens with one attached hydrogen (secondary N) is 3. The van der Waals surface area contributed by atoms with Crippen molar-refractivity contribution < 1.29 is 8.42 Å². The lowest BCUT2D eigenvalue weighted by atomic mass is 10.3. The minimum Gasteiger partial charge on any atom is -0.314 e. The van der Waals surface area contributed by atoms with Gasteiger partial charge in [-0.2, -0.15) is 4.31 Å². The van der Waals surface area contributed by atoms with Gasteiger partial charge in [-0.3, -0.25) is 9.78 Å².